The van der Waals surface area contributed by atoms with E-state index in [1.807, 2.05) is 0 Å². The van der Waals surface area contributed by atoms with Gasteiger partial charge >= 0.3 is 0 Å². The van der Waals surface area contributed by atoms with Crippen molar-refractivity contribution in [2.45, 2.75) is 48.2 Å². The summed E-state index contributed by atoms with van der Waals surface area (Å²) >= 11 is 0. The van der Waals surface area contributed by atoms with Crippen molar-refractivity contribution in [2.75, 3.05) is 6.61 Å². The van der Waals surface area contributed by atoms with Crippen LogP contribution in [0.5, 0.6) is 0 Å². The predicted octanol–water partition coefficient (Wildman–Crippen LogP) is 0.861. The third-order valence-corrected chi connectivity index (χ3v) is 7.21. The van der Waals surface area contributed by atoms with Crippen molar-refractivity contribution in [3.05, 3.63) is 59.7 Å². The number of aryl methyl sites for hydroxylation is 2. The quantitative estimate of drug-likeness (QED) is 0.604. The van der Waals surface area contributed by atoms with Crippen molar-refractivity contribution in [2.24, 2.45) is 0 Å². The van der Waals surface area contributed by atoms with Gasteiger partial charge in [0.15, 0.2) is 12.4 Å². The van der Waals surface area contributed by atoms with Crippen molar-refractivity contribution >= 4 is 20.2 Å². The van der Waals surface area contributed by atoms with Gasteiger partial charge in [-0.05, 0) is 38.1 Å². The van der Waals surface area contributed by atoms with E-state index in [0.717, 1.165) is 11.1 Å². The zero-order valence-electron chi connectivity index (χ0n) is 16.2. The summed E-state index contributed by atoms with van der Waals surface area (Å²) in [4.78, 5) is -0.334. The first-order valence-electron chi connectivity index (χ1n) is 8.97. The summed E-state index contributed by atoms with van der Waals surface area (Å²) in [7, 11) is -8.65. The highest BCUT2D eigenvalue weighted by Gasteiger charge is 2.45. The van der Waals surface area contributed by atoms with Gasteiger partial charge in [-0.3, -0.25) is 8.37 Å². The number of hydrogen-bond acceptors (Lipinski definition) is 9. The van der Waals surface area contributed by atoms with Crippen LogP contribution in [0.2, 0.25) is 0 Å². The molecule has 1 fully saturated rings. The molecule has 0 bridgehead atoms. The maximum absolute atomic E-state index is 12.5. The molecule has 9 nitrogen and oxygen atoms in total. The molecule has 11 heteroatoms. The van der Waals surface area contributed by atoms with Gasteiger partial charge in [0.05, 0.1) is 16.4 Å². The number of benzene rings is 2. The normalized spacial score (nSPS) is 25.2. The summed E-state index contributed by atoms with van der Waals surface area (Å²) in [6.07, 6.45) is -6.88. The molecular weight excluding hydrogens is 436 g/mol. The van der Waals surface area contributed by atoms with Gasteiger partial charge in [0.2, 0.25) is 0 Å². The number of hydrogen-bond donors (Lipinski definition) is 2. The fourth-order valence-electron chi connectivity index (χ4n) is 2.79. The molecule has 1 saturated heterocycles. The first-order valence-corrected chi connectivity index (χ1v) is 11.8. The minimum Gasteiger partial charge on any atom is -0.387 e. The fourth-order valence-corrected chi connectivity index (χ4v) is 4.94. The standard InChI is InChI=1S/C19H22O9S2/c1-12-3-7-14(8-4-12)29(22,23)27-16-11-26-19(21)18(17(16)20)28-30(24,25)15-9-5-13(2)6-10-15/h3-10,16-21H,11H2,1-2H3/t16-,17+,18+,19-/m0/s1. The van der Waals surface area contributed by atoms with Crippen LogP contribution in [-0.4, -0.2) is 58.3 Å². The van der Waals surface area contributed by atoms with Gasteiger partial charge in [0, 0.05) is 0 Å². The molecule has 1 aliphatic rings. The van der Waals surface area contributed by atoms with Crippen molar-refractivity contribution in [1.29, 1.82) is 0 Å². The molecule has 0 spiro atoms. The predicted molar refractivity (Wildman–Crippen MR) is 104 cm³/mol. The largest absolute Gasteiger partial charge is 0.387 e. The molecule has 164 valence electrons. The Morgan fingerprint density at radius 2 is 1.23 bits per heavy atom. The molecule has 0 aromatic heterocycles. The van der Waals surface area contributed by atoms with E-state index in [1.54, 1.807) is 38.1 Å². The molecule has 3 rings (SSSR count). The van der Waals surface area contributed by atoms with E-state index in [1.165, 1.54) is 24.3 Å². The van der Waals surface area contributed by atoms with E-state index in [9.17, 15) is 27.0 Å². The third-order valence-electron chi connectivity index (χ3n) is 4.54. The lowest BCUT2D eigenvalue weighted by Gasteiger charge is -2.36. The molecule has 1 heterocycles. The highest BCUT2D eigenvalue weighted by molar-refractivity contribution is 7.87. The van der Waals surface area contributed by atoms with Crippen LogP contribution in [0.1, 0.15) is 11.1 Å². The molecule has 4 atom stereocenters. The fraction of sp³-hybridized carbons (Fsp3) is 0.368. The molecule has 0 unspecified atom stereocenters. The molecular formula is C19H22O9S2. The SMILES string of the molecule is Cc1ccc(S(=O)(=O)O[C@@H]2[C@H](O)[C@@H](OS(=O)(=O)c3ccc(C)cc3)CO[C@@H]2O)cc1. The lowest BCUT2D eigenvalue weighted by atomic mass is 10.1. The maximum atomic E-state index is 12.5. The van der Waals surface area contributed by atoms with Gasteiger partial charge in [0.25, 0.3) is 20.2 Å². The third kappa shape index (κ3) is 5.06. The number of aliphatic hydroxyl groups excluding tert-OH is 2. The summed E-state index contributed by atoms with van der Waals surface area (Å²) in [5, 5.41) is 20.5. The minimum atomic E-state index is -4.37. The van der Waals surface area contributed by atoms with Crippen molar-refractivity contribution < 1.29 is 40.2 Å². The van der Waals surface area contributed by atoms with Crippen LogP contribution >= 0.6 is 0 Å². The second-order valence-electron chi connectivity index (χ2n) is 6.94. The first-order chi connectivity index (χ1) is 14.0. The molecule has 0 radical (unpaired) electrons. The van der Waals surface area contributed by atoms with Gasteiger partial charge in [-0.15, -0.1) is 0 Å². The highest BCUT2D eigenvalue weighted by atomic mass is 32.2. The monoisotopic (exact) mass is 458 g/mol. The van der Waals surface area contributed by atoms with E-state index >= 15 is 0 Å². The number of aliphatic hydroxyl groups is 2. The molecule has 0 aliphatic carbocycles. The highest BCUT2D eigenvalue weighted by Crippen LogP contribution is 2.26. The molecule has 30 heavy (non-hydrogen) atoms. The zero-order valence-corrected chi connectivity index (χ0v) is 17.8. The molecule has 2 aromatic rings. The van der Waals surface area contributed by atoms with Crippen LogP contribution in [0.25, 0.3) is 0 Å². The topological polar surface area (TPSA) is 136 Å². The van der Waals surface area contributed by atoms with Crippen molar-refractivity contribution in [1.82, 2.24) is 0 Å². The molecule has 1 aliphatic heterocycles. The average molecular weight is 459 g/mol. The van der Waals surface area contributed by atoms with E-state index in [-0.39, 0.29) is 9.79 Å². The molecule has 0 amide bonds. The Morgan fingerprint density at radius 3 is 1.70 bits per heavy atom. The van der Waals surface area contributed by atoms with Gasteiger partial charge < -0.3 is 14.9 Å². The maximum Gasteiger partial charge on any atom is 0.297 e. The lowest BCUT2D eigenvalue weighted by molar-refractivity contribution is -0.239. The van der Waals surface area contributed by atoms with Crippen molar-refractivity contribution in [3.63, 3.8) is 0 Å². The van der Waals surface area contributed by atoms with Crippen LogP contribution in [0.4, 0.5) is 0 Å². The summed E-state index contributed by atoms with van der Waals surface area (Å²) in [5.41, 5.74) is 1.66. The Bertz CT molecular complexity index is 1080. The molecule has 2 aromatic carbocycles. The smallest absolute Gasteiger partial charge is 0.297 e. The van der Waals surface area contributed by atoms with Crippen LogP contribution < -0.4 is 0 Å². The van der Waals surface area contributed by atoms with E-state index in [4.69, 9.17) is 13.1 Å². The summed E-state index contributed by atoms with van der Waals surface area (Å²) < 4.78 is 64.9. The summed E-state index contributed by atoms with van der Waals surface area (Å²) in [5.74, 6) is 0. The van der Waals surface area contributed by atoms with E-state index in [0.29, 0.717) is 0 Å². The Morgan fingerprint density at radius 1 is 0.800 bits per heavy atom. The Kier molecular flexibility index (Phi) is 6.63. The second-order valence-corrected chi connectivity index (χ2v) is 10.1. The Hall–Kier alpha value is -1.86. The molecule has 0 saturated carbocycles. The number of rotatable bonds is 6. The first kappa shape index (κ1) is 22.8. The van der Waals surface area contributed by atoms with E-state index in [2.05, 4.69) is 0 Å². The van der Waals surface area contributed by atoms with Gasteiger partial charge in [-0.25, -0.2) is 0 Å². The van der Waals surface area contributed by atoms with Crippen LogP contribution in [0.3, 0.4) is 0 Å². The Labute approximate surface area is 175 Å². The van der Waals surface area contributed by atoms with Crippen LogP contribution in [0, 0.1) is 13.8 Å². The van der Waals surface area contributed by atoms with Crippen molar-refractivity contribution in [3.8, 4) is 0 Å². The van der Waals surface area contributed by atoms with Crippen LogP contribution in [-0.2, 0) is 33.3 Å². The zero-order chi connectivity index (χ0) is 22.1. The minimum absolute atomic E-state index is 0.142. The van der Waals surface area contributed by atoms with Gasteiger partial charge in [0.1, 0.15) is 12.2 Å². The Balaban J connectivity index is 1.78. The van der Waals surface area contributed by atoms with Gasteiger partial charge in [-0.2, -0.15) is 16.8 Å². The van der Waals surface area contributed by atoms with Crippen LogP contribution in [0.15, 0.2) is 58.3 Å². The summed E-state index contributed by atoms with van der Waals surface area (Å²) in [6, 6.07) is 11.6. The van der Waals surface area contributed by atoms with Gasteiger partial charge in [-0.1, -0.05) is 35.4 Å². The summed E-state index contributed by atoms with van der Waals surface area (Å²) in [6.45, 7) is 3.07. The van der Waals surface area contributed by atoms with E-state index < -0.39 is 51.4 Å². The number of ether oxygens (including phenoxy) is 1. The average Bonchev–Trinajstić information content (AvgIpc) is 2.68. The lowest BCUT2D eigenvalue weighted by Crippen LogP contribution is -2.55. The molecule has 2 N–H and O–H groups in total. The second kappa shape index (κ2) is 8.71.